The summed E-state index contributed by atoms with van der Waals surface area (Å²) in [5.74, 6) is -1.04. The maximum Gasteiger partial charge on any atom is 0.318 e. The molecular formula is C14H26O4. The van der Waals surface area contributed by atoms with Crippen molar-refractivity contribution in [1.29, 1.82) is 0 Å². The van der Waals surface area contributed by atoms with Crippen molar-refractivity contribution in [2.24, 2.45) is 5.41 Å². The minimum atomic E-state index is -0.820. The fourth-order valence-electron chi connectivity index (χ4n) is 2.23. The van der Waals surface area contributed by atoms with E-state index in [1.165, 1.54) is 0 Å². The van der Waals surface area contributed by atoms with E-state index < -0.39 is 16.8 Å². The number of carbonyl (C=O) groups excluding carboxylic acids is 1. The molecule has 106 valence electrons. The van der Waals surface area contributed by atoms with Crippen LogP contribution in [0.25, 0.3) is 0 Å². The van der Waals surface area contributed by atoms with E-state index in [0.29, 0.717) is 6.42 Å². The molecule has 1 aliphatic heterocycles. The lowest BCUT2D eigenvalue weighted by Gasteiger charge is -2.34. The van der Waals surface area contributed by atoms with Gasteiger partial charge in [-0.1, -0.05) is 26.7 Å². The van der Waals surface area contributed by atoms with Gasteiger partial charge in [0, 0.05) is 0 Å². The Morgan fingerprint density at radius 1 is 1.22 bits per heavy atom. The van der Waals surface area contributed by atoms with Gasteiger partial charge in [-0.3, -0.25) is 4.79 Å². The van der Waals surface area contributed by atoms with E-state index in [1.54, 1.807) is 0 Å². The van der Waals surface area contributed by atoms with Crippen molar-refractivity contribution in [3.05, 3.63) is 0 Å². The molecule has 1 atom stereocenters. The number of rotatable bonds is 6. The zero-order valence-electron chi connectivity index (χ0n) is 12.5. The number of ether oxygens (including phenoxy) is 1. The molecule has 1 fully saturated rings. The lowest BCUT2D eigenvalue weighted by atomic mass is 9.74. The molecule has 18 heavy (non-hydrogen) atoms. The summed E-state index contributed by atoms with van der Waals surface area (Å²) < 4.78 is 5.56. The SMILES string of the molecule is CCCCC(CC)(C(=O)OC(C)(C)C)C1(C)OO1. The molecule has 0 spiro atoms. The first-order valence-corrected chi connectivity index (χ1v) is 6.81. The lowest BCUT2D eigenvalue weighted by molar-refractivity contribution is -0.174. The Morgan fingerprint density at radius 2 is 1.78 bits per heavy atom. The van der Waals surface area contributed by atoms with Crippen molar-refractivity contribution in [3.63, 3.8) is 0 Å². The maximum absolute atomic E-state index is 12.5. The van der Waals surface area contributed by atoms with Gasteiger partial charge in [-0.05, 0) is 40.5 Å². The molecule has 4 nitrogen and oxygen atoms in total. The summed E-state index contributed by atoms with van der Waals surface area (Å²) in [6.45, 7) is 11.5. The van der Waals surface area contributed by atoms with Crippen molar-refractivity contribution >= 4 is 5.97 Å². The predicted molar refractivity (Wildman–Crippen MR) is 68.7 cm³/mol. The summed E-state index contributed by atoms with van der Waals surface area (Å²) in [7, 11) is 0. The van der Waals surface area contributed by atoms with Gasteiger partial charge in [0.15, 0.2) is 0 Å². The van der Waals surface area contributed by atoms with Crippen LogP contribution in [0.4, 0.5) is 0 Å². The minimum Gasteiger partial charge on any atom is -0.459 e. The number of unbranched alkanes of at least 4 members (excludes halogenated alkanes) is 1. The average molecular weight is 258 g/mol. The molecule has 0 aliphatic carbocycles. The van der Waals surface area contributed by atoms with Gasteiger partial charge in [-0.25, -0.2) is 0 Å². The van der Waals surface area contributed by atoms with E-state index >= 15 is 0 Å². The van der Waals surface area contributed by atoms with E-state index in [0.717, 1.165) is 19.3 Å². The third-order valence-electron chi connectivity index (χ3n) is 3.55. The molecule has 0 saturated carbocycles. The molecule has 1 heterocycles. The number of esters is 1. The first-order chi connectivity index (χ1) is 8.21. The summed E-state index contributed by atoms with van der Waals surface area (Å²) in [5.41, 5.74) is -1.19. The molecule has 0 aromatic heterocycles. The highest BCUT2D eigenvalue weighted by atomic mass is 17.4. The lowest BCUT2D eigenvalue weighted by Crippen LogP contribution is -2.46. The molecule has 1 saturated heterocycles. The van der Waals surface area contributed by atoms with Crippen LogP contribution in [0.15, 0.2) is 0 Å². The van der Waals surface area contributed by atoms with Crippen LogP contribution in [0.1, 0.15) is 67.2 Å². The van der Waals surface area contributed by atoms with Crippen LogP contribution in [0.2, 0.25) is 0 Å². The van der Waals surface area contributed by atoms with Gasteiger partial charge < -0.3 is 4.74 Å². The minimum absolute atomic E-state index is 0.217. The first-order valence-electron chi connectivity index (χ1n) is 6.81. The van der Waals surface area contributed by atoms with Crippen molar-refractivity contribution in [2.45, 2.75) is 78.6 Å². The second kappa shape index (κ2) is 5.17. The van der Waals surface area contributed by atoms with Crippen LogP contribution >= 0.6 is 0 Å². The highest BCUT2D eigenvalue weighted by Gasteiger charge is 2.65. The summed E-state index contributed by atoms with van der Waals surface area (Å²) >= 11 is 0. The van der Waals surface area contributed by atoms with E-state index in [9.17, 15) is 4.79 Å². The van der Waals surface area contributed by atoms with Crippen molar-refractivity contribution in [1.82, 2.24) is 0 Å². The Hall–Kier alpha value is -0.610. The van der Waals surface area contributed by atoms with Gasteiger partial charge in [-0.15, -0.1) is 0 Å². The number of hydrogen-bond donors (Lipinski definition) is 0. The zero-order valence-corrected chi connectivity index (χ0v) is 12.5. The van der Waals surface area contributed by atoms with E-state index in [-0.39, 0.29) is 5.97 Å². The van der Waals surface area contributed by atoms with Gasteiger partial charge in [0.2, 0.25) is 5.79 Å². The van der Waals surface area contributed by atoms with Gasteiger partial charge in [-0.2, -0.15) is 9.78 Å². The third-order valence-corrected chi connectivity index (χ3v) is 3.55. The maximum atomic E-state index is 12.5. The van der Waals surface area contributed by atoms with Gasteiger partial charge in [0.05, 0.1) is 0 Å². The van der Waals surface area contributed by atoms with E-state index in [1.807, 2.05) is 34.6 Å². The summed E-state index contributed by atoms with van der Waals surface area (Å²) in [4.78, 5) is 22.7. The van der Waals surface area contributed by atoms with Crippen molar-refractivity contribution in [2.75, 3.05) is 0 Å². The van der Waals surface area contributed by atoms with Crippen LogP contribution in [0.5, 0.6) is 0 Å². The highest BCUT2D eigenvalue weighted by Crippen LogP contribution is 2.52. The Labute approximate surface area is 110 Å². The second-order valence-corrected chi connectivity index (χ2v) is 6.15. The van der Waals surface area contributed by atoms with Crippen LogP contribution in [0, 0.1) is 5.41 Å². The van der Waals surface area contributed by atoms with Crippen LogP contribution in [-0.2, 0) is 19.3 Å². The molecular weight excluding hydrogens is 232 g/mol. The molecule has 1 rings (SSSR count). The standard InChI is InChI=1S/C14H26O4/c1-7-9-10-14(8-2,13(6)17-18-13)11(15)16-12(3,4)5/h7-10H2,1-6H3. The molecule has 0 radical (unpaired) electrons. The summed E-state index contributed by atoms with van der Waals surface area (Å²) in [6, 6.07) is 0. The Balaban J connectivity index is 2.92. The highest BCUT2D eigenvalue weighted by molar-refractivity contribution is 5.78. The Bertz CT molecular complexity index is 301. The van der Waals surface area contributed by atoms with E-state index in [2.05, 4.69) is 6.92 Å². The predicted octanol–water partition coefficient (Wildman–Crippen LogP) is 3.59. The summed E-state index contributed by atoms with van der Waals surface area (Å²) in [6.07, 6.45) is 3.36. The molecule has 0 aromatic carbocycles. The smallest absolute Gasteiger partial charge is 0.318 e. The molecule has 0 N–H and O–H groups in total. The number of carbonyl (C=O) groups is 1. The fourth-order valence-corrected chi connectivity index (χ4v) is 2.23. The topological polar surface area (TPSA) is 51.4 Å². The third kappa shape index (κ3) is 3.04. The van der Waals surface area contributed by atoms with Gasteiger partial charge >= 0.3 is 5.97 Å². The molecule has 0 amide bonds. The van der Waals surface area contributed by atoms with Crippen LogP contribution < -0.4 is 0 Å². The molecule has 1 aliphatic rings. The second-order valence-electron chi connectivity index (χ2n) is 6.15. The van der Waals surface area contributed by atoms with Gasteiger partial charge in [0.25, 0.3) is 0 Å². The van der Waals surface area contributed by atoms with Gasteiger partial charge in [0.1, 0.15) is 11.0 Å². The van der Waals surface area contributed by atoms with E-state index in [4.69, 9.17) is 14.5 Å². The Morgan fingerprint density at radius 3 is 2.11 bits per heavy atom. The number of hydrogen-bond acceptors (Lipinski definition) is 4. The molecule has 4 heteroatoms. The largest absolute Gasteiger partial charge is 0.459 e. The molecule has 1 unspecified atom stereocenters. The van der Waals surface area contributed by atoms with Crippen LogP contribution in [0.3, 0.4) is 0 Å². The first kappa shape index (κ1) is 15.4. The monoisotopic (exact) mass is 258 g/mol. The average Bonchev–Trinajstić information content (AvgIpc) is 2.97. The van der Waals surface area contributed by atoms with Crippen molar-refractivity contribution in [3.8, 4) is 0 Å². The Kier molecular flexibility index (Phi) is 4.44. The molecule has 0 bridgehead atoms. The normalized spacial score (nSPS) is 21.2. The zero-order chi connectivity index (χ0) is 14.0. The van der Waals surface area contributed by atoms with Crippen LogP contribution in [-0.4, -0.2) is 17.4 Å². The summed E-state index contributed by atoms with van der Waals surface area (Å²) in [5, 5.41) is 0. The molecule has 0 aromatic rings. The fraction of sp³-hybridized carbons (Fsp3) is 0.929. The van der Waals surface area contributed by atoms with Crippen molar-refractivity contribution < 1.29 is 19.3 Å². The quantitative estimate of drug-likeness (QED) is 0.415.